The second kappa shape index (κ2) is 2.87. The molecule has 0 unspecified atom stereocenters. The van der Waals surface area contributed by atoms with Crippen molar-refractivity contribution in [2.24, 2.45) is 0 Å². The number of carbonyl (C=O) groups excluding carboxylic acids is 1. The molecule has 0 aromatic carbocycles. The van der Waals surface area contributed by atoms with Crippen molar-refractivity contribution in [3.63, 3.8) is 0 Å². The van der Waals surface area contributed by atoms with E-state index < -0.39 is 0 Å². The number of carbonyl (C=O) groups is 1. The maximum absolute atomic E-state index is 9.99. The van der Waals surface area contributed by atoms with E-state index in [0.717, 1.165) is 0 Å². The van der Waals surface area contributed by atoms with Crippen LogP contribution in [0.5, 0.6) is 0 Å². The molecule has 1 rings (SSSR count). The third-order valence-electron chi connectivity index (χ3n) is 1.17. The minimum atomic E-state index is 0.332. The SMILES string of the molecule is Nc1cc(N)c(NC=O)cn1. The molecular formula is C6H8N4O. The Morgan fingerprint density at radius 3 is 2.82 bits per heavy atom. The number of nitrogens with one attached hydrogen (secondary N) is 1. The minimum absolute atomic E-state index is 0.332. The number of nitrogens with two attached hydrogens (primary N) is 2. The molecule has 0 atom stereocenters. The number of nitrogen functional groups attached to an aromatic ring is 2. The van der Waals surface area contributed by atoms with Crippen molar-refractivity contribution in [3.05, 3.63) is 12.3 Å². The summed E-state index contributed by atoms with van der Waals surface area (Å²) in [4.78, 5) is 13.7. The third kappa shape index (κ3) is 1.57. The Morgan fingerprint density at radius 1 is 1.55 bits per heavy atom. The molecule has 0 spiro atoms. The van der Waals surface area contributed by atoms with E-state index in [2.05, 4.69) is 10.3 Å². The highest BCUT2D eigenvalue weighted by atomic mass is 16.1. The van der Waals surface area contributed by atoms with Gasteiger partial charge in [0.05, 0.1) is 17.6 Å². The molecule has 5 N–H and O–H groups in total. The summed E-state index contributed by atoms with van der Waals surface area (Å²) in [5, 5.41) is 2.38. The summed E-state index contributed by atoms with van der Waals surface area (Å²) in [6.45, 7) is 0. The van der Waals surface area contributed by atoms with Gasteiger partial charge in [0.1, 0.15) is 5.82 Å². The number of rotatable bonds is 2. The number of anilines is 3. The Bertz CT molecular complexity index is 273. The van der Waals surface area contributed by atoms with Crippen LogP contribution in [0.4, 0.5) is 17.2 Å². The van der Waals surface area contributed by atoms with Gasteiger partial charge in [-0.1, -0.05) is 0 Å². The van der Waals surface area contributed by atoms with Gasteiger partial charge >= 0.3 is 0 Å². The van der Waals surface area contributed by atoms with E-state index in [1.54, 1.807) is 0 Å². The molecule has 0 saturated carbocycles. The van der Waals surface area contributed by atoms with Crippen LogP contribution in [-0.4, -0.2) is 11.4 Å². The summed E-state index contributed by atoms with van der Waals surface area (Å²) in [5.74, 6) is 0.332. The number of pyridine rings is 1. The van der Waals surface area contributed by atoms with E-state index in [-0.39, 0.29) is 0 Å². The van der Waals surface area contributed by atoms with Crippen LogP contribution in [-0.2, 0) is 4.79 Å². The Balaban J connectivity index is 2.98. The highest BCUT2D eigenvalue weighted by Gasteiger charge is 1.97. The van der Waals surface area contributed by atoms with E-state index in [1.165, 1.54) is 12.3 Å². The molecule has 11 heavy (non-hydrogen) atoms. The maximum atomic E-state index is 9.99. The topological polar surface area (TPSA) is 94.0 Å². The predicted molar refractivity (Wildman–Crippen MR) is 42.7 cm³/mol. The first-order chi connectivity index (χ1) is 5.24. The fourth-order valence-electron chi connectivity index (χ4n) is 0.672. The lowest BCUT2D eigenvalue weighted by atomic mass is 10.3. The Hall–Kier alpha value is -1.78. The Kier molecular flexibility index (Phi) is 1.91. The van der Waals surface area contributed by atoms with Crippen LogP contribution in [0.25, 0.3) is 0 Å². The predicted octanol–water partition coefficient (Wildman–Crippen LogP) is -0.186. The Morgan fingerprint density at radius 2 is 2.27 bits per heavy atom. The van der Waals surface area contributed by atoms with Crippen molar-refractivity contribution < 1.29 is 4.79 Å². The van der Waals surface area contributed by atoms with Crippen LogP contribution in [0.2, 0.25) is 0 Å². The number of amides is 1. The standard InChI is InChI=1S/C6H8N4O/c7-4-1-6(8)9-2-5(4)10-3-11/h1-3H,(H,10,11)(H4,7,8,9). The molecule has 0 radical (unpaired) electrons. The van der Waals surface area contributed by atoms with E-state index in [4.69, 9.17) is 11.5 Å². The lowest BCUT2D eigenvalue weighted by Gasteiger charge is -2.02. The van der Waals surface area contributed by atoms with Gasteiger partial charge in [-0.2, -0.15) is 0 Å². The molecule has 5 heteroatoms. The number of hydrogen-bond acceptors (Lipinski definition) is 4. The van der Waals surface area contributed by atoms with Crippen molar-refractivity contribution in [1.29, 1.82) is 0 Å². The summed E-state index contributed by atoms with van der Waals surface area (Å²) < 4.78 is 0. The maximum Gasteiger partial charge on any atom is 0.211 e. The molecule has 1 heterocycles. The first-order valence-corrected chi connectivity index (χ1v) is 2.95. The van der Waals surface area contributed by atoms with Crippen LogP contribution in [0.15, 0.2) is 12.3 Å². The molecule has 0 fully saturated rings. The van der Waals surface area contributed by atoms with E-state index in [0.29, 0.717) is 23.6 Å². The zero-order valence-electron chi connectivity index (χ0n) is 5.74. The third-order valence-corrected chi connectivity index (χ3v) is 1.17. The number of nitrogens with zero attached hydrogens (tertiary/aromatic N) is 1. The lowest BCUT2D eigenvalue weighted by molar-refractivity contribution is -0.105. The molecule has 1 aromatic heterocycles. The fraction of sp³-hybridized carbons (Fsp3) is 0. The van der Waals surface area contributed by atoms with E-state index in [1.807, 2.05) is 0 Å². The Labute approximate surface area is 63.4 Å². The second-order valence-electron chi connectivity index (χ2n) is 1.96. The molecule has 58 valence electrons. The van der Waals surface area contributed by atoms with Gasteiger partial charge in [-0.05, 0) is 0 Å². The average Bonchev–Trinajstić information content (AvgIpc) is 1.95. The molecule has 0 saturated heterocycles. The van der Waals surface area contributed by atoms with Crippen LogP contribution < -0.4 is 16.8 Å². The largest absolute Gasteiger partial charge is 0.397 e. The number of aromatic nitrogens is 1. The van der Waals surface area contributed by atoms with Gasteiger partial charge in [0.15, 0.2) is 0 Å². The van der Waals surface area contributed by atoms with Crippen molar-refractivity contribution >= 4 is 23.6 Å². The second-order valence-corrected chi connectivity index (χ2v) is 1.96. The zero-order chi connectivity index (χ0) is 8.27. The highest BCUT2D eigenvalue weighted by Crippen LogP contribution is 2.17. The zero-order valence-corrected chi connectivity index (χ0v) is 5.74. The molecule has 0 aliphatic carbocycles. The summed E-state index contributed by atoms with van der Waals surface area (Å²) in [6.07, 6.45) is 1.93. The molecule has 0 aliphatic rings. The average molecular weight is 152 g/mol. The highest BCUT2D eigenvalue weighted by molar-refractivity contribution is 5.79. The molecule has 1 amide bonds. The summed E-state index contributed by atoms with van der Waals surface area (Å²) in [5.41, 5.74) is 11.7. The van der Waals surface area contributed by atoms with Gasteiger partial charge in [-0.15, -0.1) is 0 Å². The van der Waals surface area contributed by atoms with Gasteiger partial charge in [0.25, 0.3) is 0 Å². The van der Waals surface area contributed by atoms with Gasteiger partial charge in [0.2, 0.25) is 6.41 Å². The lowest BCUT2D eigenvalue weighted by Crippen LogP contribution is -2.01. The summed E-state index contributed by atoms with van der Waals surface area (Å²) in [6, 6.07) is 1.48. The van der Waals surface area contributed by atoms with Crippen molar-refractivity contribution in [1.82, 2.24) is 4.98 Å². The smallest absolute Gasteiger partial charge is 0.211 e. The van der Waals surface area contributed by atoms with Gasteiger partial charge in [0, 0.05) is 6.07 Å². The van der Waals surface area contributed by atoms with Gasteiger partial charge in [-0.3, -0.25) is 4.79 Å². The van der Waals surface area contributed by atoms with Crippen LogP contribution >= 0.6 is 0 Å². The van der Waals surface area contributed by atoms with E-state index in [9.17, 15) is 4.79 Å². The number of hydrogen-bond donors (Lipinski definition) is 3. The van der Waals surface area contributed by atoms with Gasteiger partial charge in [-0.25, -0.2) is 4.98 Å². The van der Waals surface area contributed by atoms with Crippen molar-refractivity contribution in [2.45, 2.75) is 0 Å². The summed E-state index contributed by atoms with van der Waals surface area (Å²) in [7, 11) is 0. The minimum Gasteiger partial charge on any atom is -0.397 e. The molecular weight excluding hydrogens is 144 g/mol. The molecule has 5 nitrogen and oxygen atoms in total. The molecule has 0 bridgehead atoms. The fourth-order valence-corrected chi connectivity index (χ4v) is 0.672. The van der Waals surface area contributed by atoms with Crippen molar-refractivity contribution in [3.8, 4) is 0 Å². The first-order valence-electron chi connectivity index (χ1n) is 2.95. The molecule has 0 aliphatic heterocycles. The van der Waals surface area contributed by atoms with Crippen LogP contribution in [0, 0.1) is 0 Å². The van der Waals surface area contributed by atoms with Crippen LogP contribution in [0.1, 0.15) is 0 Å². The van der Waals surface area contributed by atoms with Gasteiger partial charge < -0.3 is 16.8 Å². The molecule has 1 aromatic rings. The van der Waals surface area contributed by atoms with Crippen molar-refractivity contribution in [2.75, 3.05) is 16.8 Å². The summed E-state index contributed by atoms with van der Waals surface area (Å²) >= 11 is 0. The van der Waals surface area contributed by atoms with E-state index >= 15 is 0 Å². The monoisotopic (exact) mass is 152 g/mol. The normalized spacial score (nSPS) is 9.09. The first kappa shape index (κ1) is 7.33. The van der Waals surface area contributed by atoms with Crippen LogP contribution in [0.3, 0.4) is 0 Å². The quantitative estimate of drug-likeness (QED) is 0.512.